The van der Waals surface area contributed by atoms with Crippen molar-refractivity contribution in [1.29, 1.82) is 0 Å². The van der Waals surface area contributed by atoms with Gasteiger partial charge in [-0.1, -0.05) is 60.7 Å². The number of fused-ring (bicyclic) bond motifs is 4. The van der Waals surface area contributed by atoms with E-state index < -0.39 is 0 Å². The first-order chi connectivity index (χ1) is 15.8. The molecular formula is C26H19N5O. The summed E-state index contributed by atoms with van der Waals surface area (Å²) in [6.45, 7) is 2.52. The molecule has 6 heteroatoms. The van der Waals surface area contributed by atoms with Gasteiger partial charge in [-0.05, 0) is 36.3 Å². The molecule has 0 spiro atoms. The van der Waals surface area contributed by atoms with Crippen molar-refractivity contribution in [1.82, 2.24) is 24.7 Å². The van der Waals surface area contributed by atoms with Crippen molar-refractivity contribution in [2.75, 3.05) is 0 Å². The number of hydrogen-bond acceptors (Lipinski definition) is 5. The Labute approximate surface area is 183 Å². The van der Waals surface area contributed by atoms with Gasteiger partial charge in [0, 0.05) is 11.5 Å². The molecule has 0 unspecified atom stereocenters. The van der Waals surface area contributed by atoms with Crippen LogP contribution in [0.3, 0.4) is 0 Å². The standard InChI is InChI=1S/C26H19N5O/c1-17-8-7-11-19-24-26(28-21-13-6-5-12-20(21)27-24)31(25(17)19)16-23-30-29-22(32-23)15-14-18-9-3-2-4-10-18/h2-15H,16H2,1H3/b15-14+. The molecular weight excluding hydrogens is 398 g/mol. The summed E-state index contributed by atoms with van der Waals surface area (Å²) in [5, 5.41) is 9.53. The minimum atomic E-state index is 0.421. The van der Waals surface area contributed by atoms with E-state index in [9.17, 15) is 0 Å². The van der Waals surface area contributed by atoms with Crippen LogP contribution in [0.25, 0.3) is 45.3 Å². The van der Waals surface area contributed by atoms with E-state index in [0.717, 1.165) is 44.2 Å². The minimum absolute atomic E-state index is 0.421. The molecule has 3 heterocycles. The highest BCUT2D eigenvalue weighted by Crippen LogP contribution is 2.31. The Morgan fingerprint density at radius 2 is 1.59 bits per heavy atom. The van der Waals surface area contributed by atoms with Crippen LogP contribution in [0.1, 0.15) is 22.9 Å². The third-order valence-electron chi connectivity index (χ3n) is 5.56. The zero-order valence-electron chi connectivity index (χ0n) is 17.4. The number of aromatic nitrogens is 5. The van der Waals surface area contributed by atoms with Crippen LogP contribution in [0.5, 0.6) is 0 Å². The maximum atomic E-state index is 5.93. The number of hydrogen-bond donors (Lipinski definition) is 0. The lowest BCUT2D eigenvalue weighted by atomic mass is 10.1. The highest BCUT2D eigenvalue weighted by atomic mass is 16.4. The summed E-state index contributed by atoms with van der Waals surface area (Å²) in [4.78, 5) is 9.85. The van der Waals surface area contributed by atoms with E-state index in [4.69, 9.17) is 14.4 Å². The molecule has 154 valence electrons. The average Bonchev–Trinajstić information content (AvgIpc) is 3.40. The second-order valence-corrected chi connectivity index (χ2v) is 7.72. The third kappa shape index (κ3) is 3.13. The third-order valence-corrected chi connectivity index (χ3v) is 5.56. The lowest BCUT2D eigenvalue weighted by Crippen LogP contribution is -2.02. The monoisotopic (exact) mass is 417 g/mol. The Bertz CT molecular complexity index is 1610. The molecule has 6 nitrogen and oxygen atoms in total. The van der Waals surface area contributed by atoms with E-state index in [1.807, 2.05) is 66.7 Å². The Hall–Kier alpha value is -4.32. The van der Waals surface area contributed by atoms with Crippen molar-refractivity contribution < 1.29 is 4.42 Å². The van der Waals surface area contributed by atoms with E-state index in [-0.39, 0.29) is 0 Å². The van der Waals surface area contributed by atoms with Gasteiger partial charge in [0.25, 0.3) is 0 Å². The summed E-state index contributed by atoms with van der Waals surface area (Å²) in [5.41, 5.74) is 6.74. The molecule has 3 aromatic carbocycles. The van der Waals surface area contributed by atoms with Crippen LogP contribution in [0, 0.1) is 6.92 Å². The average molecular weight is 417 g/mol. The van der Waals surface area contributed by atoms with Gasteiger partial charge in [0.1, 0.15) is 12.1 Å². The van der Waals surface area contributed by atoms with E-state index in [1.54, 1.807) is 0 Å². The molecule has 0 N–H and O–H groups in total. The number of para-hydroxylation sites is 3. The fourth-order valence-corrected chi connectivity index (χ4v) is 4.09. The SMILES string of the molecule is Cc1cccc2c3nc4ccccc4nc3n(Cc3nnc(/C=C/c4ccccc4)o3)c12. The lowest BCUT2D eigenvalue weighted by molar-refractivity contribution is 0.475. The molecule has 0 saturated heterocycles. The Morgan fingerprint density at radius 3 is 2.44 bits per heavy atom. The molecule has 0 fully saturated rings. The molecule has 0 atom stereocenters. The van der Waals surface area contributed by atoms with E-state index in [0.29, 0.717) is 18.3 Å². The van der Waals surface area contributed by atoms with Crippen molar-refractivity contribution >= 4 is 45.3 Å². The minimum Gasteiger partial charge on any atom is -0.419 e. The molecule has 0 aliphatic heterocycles. The molecule has 0 aliphatic rings. The number of benzene rings is 3. The predicted molar refractivity (Wildman–Crippen MR) is 126 cm³/mol. The quantitative estimate of drug-likeness (QED) is 0.371. The molecule has 6 rings (SSSR count). The molecule has 0 amide bonds. The van der Waals surface area contributed by atoms with Crippen LogP contribution in [0.15, 0.2) is 77.2 Å². The topological polar surface area (TPSA) is 69.6 Å². The molecule has 32 heavy (non-hydrogen) atoms. The number of aryl methyl sites for hydroxylation is 1. The Morgan fingerprint density at radius 1 is 0.812 bits per heavy atom. The first kappa shape index (κ1) is 18.4. The van der Waals surface area contributed by atoms with Crippen LogP contribution in [0.2, 0.25) is 0 Å². The molecule has 0 saturated carbocycles. The van der Waals surface area contributed by atoms with Crippen molar-refractivity contribution in [3.8, 4) is 0 Å². The normalized spacial score (nSPS) is 11.9. The number of rotatable bonds is 4. The van der Waals surface area contributed by atoms with Gasteiger partial charge in [-0.15, -0.1) is 10.2 Å². The van der Waals surface area contributed by atoms with Crippen molar-refractivity contribution in [2.24, 2.45) is 0 Å². The van der Waals surface area contributed by atoms with E-state index in [1.165, 1.54) is 0 Å². The molecule has 6 aromatic rings. The van der Waals surface area contributed by atoms with Crippen LogP contribution in [-0.4, -0.2) is 24.7 Å². The second kappa shape index (κ2) is 7.42. The summed E-state index contributed by atoms with van der Waals surface area (Å²) in [5.74, 6) is 0.993. The van der Waals surface area contributed by atoms with Gasteiger partial charge >= 0.3 is 0 Å². The van der Waals surface area contributed by atoms with Crippen LogP contribution in [-0.2, 0) is 6.54 Å². The second-order valence-electron chi connectivity index (χ2n) is 7.72. The van der Waals surface area contributed by atoms with Gasteiger partial charge < -0.3 is 8.98 Å². The van der Waals surface area contributed by atoms with Gasteiger partial charge in [0.15, 0.2) is 5.65 Å². The first-order valence-corrected chi connectivity index (χ1v) is 10.5. The predicted octanol–water partition coefficient (Wildman–Crippen LogP) is 5.65. The van der Waals surface area contributed by atoms with Gasteiger partial charge in [0.05, 0.1) is 16.6 Å². The first-order valence-electron chi connectivity index (χ1n) is 10.5. The van der Waals surface area contributed by atoms with Gasteiger partial charge in [-0.2, -0.15) is 0 Å². The lowest BCUT2D eigenvalue weighted by Gasteiger charge is -2.05. The van der Waals surface area contributed by atoms with Crippen LogP contribution in [0.4, 0.5) is 0 Å². The fourth-order valence-electron chi connectivity index (χ4n) is 4.09. The zero-order chi connectivity index (χ0) is 21.5. The van der Waals surface area contributed by atoms with Gasteiger partial charge in [-0.3, -0.25) is 0 Å². The zero-order valence-corrected chi connectivity index (χ0v) is 17.4. The number of nitrogens with zero attached hydrogens (tertiary/aromatic N) is 5. The van der Waals surface area contributed by atoms with Gasteiger partial charge in [-0.25, -0.2) is 9.97 Å². The van der Waals surface area contributed by atoms with Crippen molar-refractivity contribution in [2.45, 2.75) is 13.5 Å². The maximum absolute atomic E-state index is 5.93. The van der Waals surface area contributed by atoms with Crippen LogP contribution < -0.4 is 0 Å². The molecule has 0 aliphatic carbocycles. The smallest absolute Gasteiger partial charge is 0.240 e. The highest BCUT2D eigenvalue weighted by molar-refractivity contribution is 6.07. The summed E-state index contributed by atoms with van der Waals surface area (Å²) < 4.78 is 8.05. The molecule has 0 radical (unpaired) electrons. The largest absolute Gasteiger partial charge is 0.419 e. The van der Waals surface area contributed by atoms with Crippen molar-refractivity contribution in [3.63, 3.8) is 0 Å². The van der Waals surface area contributed by atoms with Gasteiger partial charge in [0.2, 0.25) is 11.8 Å². The summed E-state index contributed by atoms with van der Waals surface area (Å²) >= 11 is 0. The fraction of sp³-hybridized carbons (Fsp3) is 0.0769. The molecule has 3 aromatic heterocycles. The van der Waals surface area contributed by atoms with E-state index in [2.05, 4.69) is 39.9 Å². The van der Waals surface area contributed by atoms with E-state index >= 15 is 0 Å². The Balaban J connectivity index is 1.45. The van der Waals surface area contributed by atoms with Crippen molar-refractivity contribution in [3.05, 3.63) is 95.7 Å². The maximum Gasteiger partial charge on any atom is 0.240 e. The molecule has 0 bridgehead atoms. The highest BCUT2D eigenvalue weighted by Gasteiger charge is 2.18. The van der Waals surface area contributed by atoms with Crippen LogP contribution >= 0.6 is 0 Å². The summed E-state index contributed by atoms with van der Waals surface area (Å²) in [6.07, 6.45) is 3.79. The summed E-state index contributed by atoms with van der Waals surface area (Å²) in [6, 6.07) is 24.2. The Kier molecular flexibility index (Phi) is 4.28. The summed E-state index contributed by atoms with van der Waals surface area (Å²) in [7, 11) is 0.